The van der Waals surface area contributed by atoms with Gasteiger partial charge in [-0.2, -0.15) is 0 Å². The van der Waals surface area contributed by atoms with E-state index in [4.69, 9.17) is 5.11 Å². The molecule has 0 saturated carbocycles. The van der Waals surface area contributed by atoms with Crippen molar-refractivity contribution in [1.29, 1.82) is 0 Å². The van der Waals surface area contributed by atoms with Gasteiger partial charge >= 0.3 is 5.97 Å². The molecule has 1 aliphatic heterocycles. The van der Waals surface area contributed by atoms with E-state index in [1.807, 2.05) is 0 Å². The number of carboxylic acid groups (broad SMARTS) is 1. The summed E-state index contributed by atoms with van der Waals surface area (Å²) in [6, 6.07) is 8.33. The van der Waals surface area contributed by atoms with Crippen LogP contribution in [0.5, 0.6) is 0 Å². The first kappa shape index (κ1) is 17.9. The number of carbonyl (C=O) groups is 1. The molecule has 6 nitrogen and oxygen atoms in total. The van der Waals surface area contributed by atoms with Crippen LogP contribution in [0.2, 0.25) is 0 Å². The fourth-order valence-corrected chi connectivity index (χ4v) is 3.96. The van der Waals surface area contributed by atoms with Crippen LogP contribution in [-0.4, -0.2) is 50.6 Å². The number of hydrogen-bond acceptors (Lipinski definition) is 4. The van der Waals surface area contributed by atoms with Crippen molar-refractivity contribution in [2.45, 2.75) is 30.6 Å². The molecule has 1 fully saturated rings. The third-order valence-electron chi connectivity index (χ3n) is 4.18. The minimum Gasteiger partial charge on any atom is -0.481 e. The number of carboxylic acids is 1. The minimum atomic E-state index is -3.45. The van der Waals surface area contributed by atoms with Crippen molar-refractivity contribution in [3.8, 4) is 0 Å². The summed E-state index contributed by atoms with van der Waals surface area (Å²) in [6.45, 7) is 2.72. The lowest BCUT2D eigenvalue weighted by Crippen LogP contribution is -2.35. The van der Waals surface area contributed by atoms with Crippen LogP contribution in [0.15, 0.2) is 35.2 Å². The molecule has 0 unspecified atom stereocenters. The Morgan fingerprint density at radius 3 is 2.65 bits per heavy atom. The van der Waals surface area contributed by atoms with Crippen LogP contribution in [0.25, 0.3) is 0 Å². The fraction of sp³-hybridized carbons (Fsp3) is 0.562. The summed E-state index contributed by atoms with van der Waals surface area (Å²) in [5, 5.41) is 8.87. The van der Waals surface area contributed by atoms with Gasteiger partial charge in [0.25, 0.3) is 0 Å². The second kappa shape index (κ2) is 8.42. The van der Waals surface area contributed by atoms with Crippen LogP contribution in [0.4, 0.5) is 0 Å². The van der Waals surface area contributed by atoms with Gasteiger partial charge in [0.1, 0.15) is 0 Å². The Hall–Kier alpha value is -1.44. The fourth-order valence-electron chi connectivity index (χ4n) is 2.92. The molecule has 0 radical (unpaired) electrons. The predicted molar refractivity (Wildman–Crippen MR) is 87.7 cm³/mol. The van der Waals surface area contributed by atoms with Crippen LogP contribution in [0.3, 0.4) is 0 Å². The molecular weight excluding hydrogens is 316 g/mol. The average Bonchev–Trinajstić information content (AvgIpc) is 2.73. The Kier molecular flexibility index (Phi) is 6.56. The highest BCUT2D eigenvalue weighted by molar-refractivity contribution is 7.89. The molecule has 0 spiro atoms. The quantitative estimate of drug-likeness (QED) is 0.786. The van der Waals surface area contributed by atoms with Crippen molar-refractivity contribution in [1.82, 2.24) is 9.62 Å². The van der Waals surface area contributed by atoms with Gasteiger partial charge in [-0.05, 0) is 50.4 Å². The molecule has 1 saturated heterocycles. The number of likely N-dealkylation sites (tertiary alicyclic amines) is 1. The van der Waals surface area contributed by atoms with E-state index >= 15 is 0 Å². The first-order valence-electron chi connectivity index (χ1n) is 7.96. The Bertz CT molecular complexity index is 604. The maximum atomic E-state index is 12.1. The molecule has 0 aliphatic carbocycles. The van der Waals surface area contributed by atoms with Gasteiger partial charge in [-0.25, -0.2) is 13.1 Å². The summed E-state index contributed by atoms with van der Waals surface area (Å²) < 4.78 is 26.9. The zero-order valence-corrected chi connectivity index (χ0v) is 14.0. The van der Waals surface area contributed by atoms with E-state index in [9.17, 15) is 13.2 Å². The second-order valence-corrected chi connectivity index (χ2v) is 7.71. The molecule has 1 aromatic rings. The van der Waals surface area contributed by atoms with Gasteiger partial charge in [-0.1, -0.05) is 18.2 Å². The normalized spacial score (nSPS) is 20.1. The molecule has 1 aliphatic rings. The Balaban J connectivity index is 1.77. The maximum absolute atomic E-state index is 12.1. The Morgan fingerprint density at radius 1 is 1.22 bits per heavy atom. The number of benzene rings is 1. The average molecular weight is 340 g/mol. The molecule has 0 amide bonds. The van der Waals surface area contributed by atoms with Gasteiger partial charge in [-0.15, -0.1) is 0 Å². The smallest absolute Gasteiger partial charge is 0.303 e. The highest BCUT2D eigenvalue weighted by atomic mass is 32.2. The van der Waals surface area contributed by atoms with E-state index in [0.717, 1.165) is 32.4 Å². The molecule has 7 heteroatoms. The van der Waals surface area contributed by atoms with Crippen LogP contribution in [0, 0.1) is 5.92 Å². The lowest BCUT2D eigenvalue weighted by Gasteiger charge is -2.20. The maximum Gasteiger partial charge on any atom is 0.303 e. The third kappa shape index (κ3) is 5.93. The standard InChI is InChI=1S/C16H24N2O4S/c19-16(20)13-14-5-4-10-18(11-8-14)12-9-17-23(21,22)15-6-2-1-3-7-15/h1-3,6-7,14,17H,4-5,8-13H2,(H,19,20)/t14-/m0/s1. The van der Waals surface area contributed by atoms with E-state index in [2.05, 4.69) is 9.62 Å². The number of rotatable bonds is 7. The van der Waals surface area contributed by atoms with Gasteiger partial charge < -0.3 is 10.0 Å². The van der Waals surface area contributed by atoms with Crippen molar-refractivity contribution in [3.05, 3.63) is 30.3 Å². The Labute approximate surface area is 137 Å². The van der Waals surface area contributed by atoms with Crippen molar-refractivity contribution >= 4 is 16.0 Å². The van der Waals surface area contributed by atoms with Gasteiger partial charge in [0.15, 0.2) is 0 Å². The van der Waals surface area contributed by atoms with Gasteiger partial charge in [-0.3, -0.25) is 4.79 Å². The molecule has 0 aromatic heterocycles. The largest absolute Gasteiger partial charge is 0.481 e. The third-order valence-corrected chi connectivity index (χ3v) is 5.65. The van der Waals surface area contributed by atoms with Crippen molar-refractivity contribution in [3.63, 3.8) is 0 Å². The first-order chi connectivity index (χ1) is 11.0. The van der Waals surface area contributed by atoms with E-state index in [1.54, 1.807) is 30.3 Å². The predicted octanol–water partition coefficient (Wildman–Crippen LogP) is 1.54. The number of sulfonamides is 1. The highest BCUT2D eigenvalue weighted by Crippen LogP contribution is 2.20. The molecule has 2 N–H and O–H groups in total. The first-order valence-corrected chi connectivity index (χ1v) is 9.44. The molecule has 23 heavy (non-hydrogen) atoms. The van der Waals surface area contributed by atoms with Gasteiger partial charge in [0.05, 0.1) is 4.90 Å². The van der Waals surface area contributed by atoms with Crippen molar-refractivity contribution in [2.24, 2.45) is 5.92 Å². The number of aliphatic carboxylic acids is 1. The minimum absolute atomic E-state index is 0.231. The molecular formula is C16H24N2O4S. The van der Waals surface area contributed by atoms with E-state index < -0.39 is 16.0 Å². The summed E-state index contributed by atoms with van der Waals surface area (Å²) in [6.07, 6.45) is 2.98. The zero-order valence-electron chi connectivity index (χ0n) is 13.1. The summed E-state index contributed by atoms with van der Waals surface area (Å²) in [5.74, 6) is -0.502. The molecule has 0 bridgehead atoms. The lowest BCUT2D eigenvalue weighted by atomic mass is 9.97. The van der Waals surface area contributed by atoms with Gasteiger partial charge in [0.2, 0.25) is 10.0 Å². The second-order valence-electron chi connectivity index (χ2n) is 5.95. The molecule has 128 valence electrons. The summed E-state index contributed by atoms with van der Waals surface area (Å²) >= 11 is 0. The summed E-state index contributed by atoms with van der Waals surface area (Å²) in [7, 11) is -3.45. The number of hydrogen-bond donors (Lipinski definition) is 2. The molecule has 1 atom stereocenters. The van der Waals surface area contributed by atoms with Crippen LogP contribution >= 0.6 is 0 Å². The van der Waals surface area contributed by atoms with Gasteiger partial charge in [0, 0.05) is 19.5 Å². The van der Waals surface area contributed by atoms with Crippen LogP contribution < -0.4 is 4.72 Å². The lowest BCUT2D eigenvalue weighted by molar-refractivity contribution is -0.138. The van der Waals surface area contributed by atoms with E-state index in [-0.39, 0.29) is 17.2 Å². The molecule has 2 rings (SSSR count). The monoisotopic (exact) mass is 340 g/mol. The Morgan fingerprint density at radius 2 is 1.96 bits per heavy atom. The number of nitrogens with one attached hydrogen (secondary N) is 1. The van der Waals surface area contributed by atoms with E-state index in [1.165, 1.54) is 0 Å². The van der Waals surface area contributed by atoms with E-state index in [0.29, 0.717) is 13.1 Å². The topological polar surface area (TPSA) is 86.7 Å². The SMILES string of the molecule is O=C(O)C[C@H]1CCCN(CCNS(=O)(=O)c2ccccc2)CC1. The molecule has 1 aromatic carbocycles. The zero-order chi connectivity index (χ0) is 16.7. The van der Waals surface area contributed by atoms with Crippen LogP contribution in [0.1, 0.15) is 25.7 Å². The van der Waals surface area contributed by atoms with Crippen molar-refractivity contribution < 1.29 is 18.3 Å². The van der Waals surface area contributed by atoms with Crippen LogP contribution in [-0.2, 0) is 14.8 Å². The van der Waals surface area contributed by atoms with Crippen molar-refractivity contribution in [2.75, 3.05) is 26.2 Å². The summed E-state index contributed by atoms with van der Waals surface area (Å²) in [5.41, 5.74) is 0. The number of nitrogens with zero attached hydrogens (tertiary/aromatic N) is 1. The molecule has 1 heterocycles. The highest BCUT2D eigenvalue weighted by Gasteiger charge is 2.19. The summed E-state index contributed by atoms with van der Waals surface area (Å²) in [4.78, 5) is 13.3.